The number of likely N-dealkylation sites (tertiary alicyclic amines) is 1. The molecule has 162 valence electrons. The molecule has 0 radical (unpaired) electrons. The predicted octanol–water partition coefficient (Wildman–Crippen LogP) is 3.69. The van der Waals surface area contributed by atoms with Crippen molar-refractivity contribution in [2.75, 3.05) is 18.4 Å². The number of piperidine rings is 1. The lowest BCUT2D eigenvalue weighted by atomic mass is 9.96. The Morgan fingerprint density at radius 3 is 2.59 bits per heavy atom. The number of anilines is 1. The van der Waals surface area contributed by atoms with Gasteiger partial charge in [-0.15, -0.1) is 0 Å². The van der Waals surface area contributed by atoms with Crippen LogP contribution in [0.2, 0.25) is 0 Å². The number of fused-ring (bicyclic) bond motifs is 1. The second-order valence-electron chi connectivity index (χ2n) is 8.22. The highest BCUT2D eigenvalue weighted by atomic mass is 16.2. The van der Waals surface area contributed by atoms with Gasteiger partial charge < -0.3 is 10.2 Å². The Hall–Kier alpha value is -3.74. The number of pyridine rings is 2. The van der Waals surface area contributed by atoms with Gasteiger partial charge in [-0.1, -0.05) is 36.4 Å². The van der Waals surface area contributed by atoms with Crippen molar-refractivity contribution in [3.05, 3.63) is 90.1 Å². The first kappa shape index (κ1) is 20.2. The number of rotatable bonds is 6. The van der Waals surface area contributed by atoms with Crippen LogP contribution in [-0.2, 0) is 17.8 Å². The van der Waals surface area contributed by atoms with Crippen LogP contribution in [0.3, 0.4) is 0 Å². The van der Waals surface area contributed by atoms with Gasteiger partial charge in [0.1, 0.15) is 0 Å². The van der Waals surface area contributed by atoms with Crippen LogP contribution in [-0.4, -0.2) is 43.5 Å². The molecule has 1 N–H and O–H groups in total. The van der Waals surface area contributed by atoms with Crippen LogP contribution < -0.4 is 5.32 Å². The standard InChI is InChI=1S/C25H26N6O/c32-24(15-20-7-4-12-26-16-20)30-13-10-21(11-14-30)25-28-23-9-8-22(18-31(23)29-25)27-17-19-5-2-1-3-6-19/h1-9,12,16,18,21,27H,10-11,13-15,17H2. The molecule has 0 aliphatic carbocycles. The van der Waals surface area contributed by atoms with Crippen molar-refractivity contribution in [1.29, 1.82) is 0 Å². The molecule has 4 aromatic rings. The molecular weight excluding hydrogens is 400 g/mol. The third-order valence-electron chi connectivity index (χ3n) is 5.98. The van der Waals surface area contributed by atoms with Crippen molar-refractivity contribution in [2.24, 2.45) is 0 Å². The minimum Gasteiger partial charge on any atom is -0.380 e. The molecular formula is C25H26N6O. The fourth-order valence-corrected chi connectivity index (χ4v) is 4.15. The Bertz CT molecular complexity index is 1180. The SMILES string of the molecule is O=C(Cc1cccnc1)N1CCC(c2nc3ccc(NCc4ccccc4)cn3n2)CC1. The number of aromatic nitrogens is 4. The van der Waals surface area contributed by atoms with Gasteiger partial charge in [-0.05, 0) is 42.2 Å². The Morgan fingerprint density at radius 2 is 1.81 bits per heavy atom. The van der Waals surface area contributed by atoms with E-state index in [1.165, 1.54) is 5.56 Å². The number of carbonyl (C=O) groups is 1. The topological polar surface area (TPSA) is 75.4 Å². The fourth-order valence-electron chi connectivity index (χ4n) is 4.15. The highest BCUT2D eigenvalue weighted by Gasteiger charge is 2.26. The molecule has 0 saturated carbocycles. The number of nitrogens with one attached hydrogen (secondary N) is 1. The molecule has 1 aliphatic heterocycles. The van der Waals surface area contributed by atoms with Crippen molar-refractivity contribution in [2.45, 2.75) is 31.7 Å². The highest BCUT2D eigenvalue weighted by Crippen LogP contribution is 2.27. The number of carbonyl (C=O) groups excluding carboxylic acids is 1. The van der Waals surface area contributed by atoms with E-state index in [1.54, 1.807) is 12.4 Å². The summed E-state index contributed by atoms with van der Waals surface area (Å²) in [5.41, 5.74) is 4.05. The summed E-state index contributed by atoms with van der Waals surface area (Å²) in [5, 5.41) is 8.19. The third-order valence-corrected chi connectivity index (χ3v) is 5.98. The molecule has 1 saturated heterocycles. The lowest BCUT2D eigenvalue weighted by molar-refractivity contribution is -0.131. The summed E-state index contributed by atoms with van der Waals surface area (Å²) in [6.07, 6.45) is 7.65. The van der Waals surface area contributed by atoms with Gasteiger partial charge in [0.25, 0.3) is 0 Å². The smallest absolute Gasteiger partial charge is 0.227 e. The first-order valence-electron chi connectivity index (χ1n) is 11.1. The molecule has 0 bridgehead atoms. The summed E-state index contributed by atoms with van der Waals surface area (Å²) in [6.45, 7) is 2.24. The molecule has 1 fully saturated rings. The van der Waals surface area contributed by atoms with Gasteiger partial charge in [0, 0.05) is 37.9 Å². The zero-order valence-electron chi connectivity index (χ0n) is 17.9. The van der Waals surface area contributed by atoms with E-state index >= 15 is 0 Å². The van der Waals surface area contributed by atoms with Crippen LogP contribution in [0, 0.1) is 0 Å². The number of nitrogens with zero attached hydrogens (tertiary/aromatic N) is 5. The fraction of sp³-hybridized carbons (Fsp3) is 0.280. The van der Waals surface area contributed by atoms with E-state index < -0.39 is 0 Å². The van der Waals surface area contributed by atoms with Gasteiger partial charge in [-0.3, -0.25) is 9.78 Å². The quantitative estimate of drug-likeness (QED) is 0.509. The van der Waals surface area contributed by atoms with Crippen LogP contribution in [0.25, 0.3) is 5.65 Å². The summed E-state index contributed by atoms with van der Waals surface area (Å²) < 4.78 is 1.85. The van der Waals surface area contributed by atoms with Crippen LogP contribution in [0.15, 0.2) is 73.2 Å². The summed E-state index contributed by atoms with van der Waals surface area (Å²) in [7, 11) is 0. The molecule has 5 rings (SSSR count). The van der Waals surface area contributed by atoms with E-state index in [2.05, 4.69) is 22.4 Å². The lowest BCUT2D eigenvalue weighted by Crippen LogP contribution is -2.39. The van der Waals surface area contributed by atoms with Crippen molar-refractivity contribution in [3.8, 4) is 0 Å². The molecule has 1 amide bonds. The number of benzene rings is 1. The van der Waals surface area contributed by atoms with Crippen molar-refractivity contribution >= 4 is 17.2 Å². The van der Waals surface area contributed by atoms with E-state index in [-0.39, 0.29) is 11.8 Å². The summed E-state index contributed by atoms with van der Waals surface area (Å²) >= 11 is 0. The molecule has 0 atom stereocenters. The normalized spacial score (nSPS) is 14.6. The molecule has 1 aromatic carbocycles. The average molecular weight is 427 g/mol. The van der Waals surface area contributed by atoms with E-state index in [9.17, 15) is 4.79 Å². The van der Waals surface area contributed by atoms with Crippen molar-refractivity contribution in [3.63, 3.8) is 0 Å². The zero-order chi connectivity index (χ0) is 21.8. The largest absolute Gasteiger partial charge is 0.380 e. The highest BCUT2D eigenvalue weighted by molar-refractivity contribution is 5.78. The predicted molar refractivity (Wildman–Crippen MR) is 123 cm³/mol. The van der Waals surface area contributed by atoms with Crippen LogP contribution in [0.5, 0.6) is 0 Å². The zero-order valence-corrected chi connectivity index (χ0v) is 17.9. The molecule has 0 spiro atoms. The van der Waals surface area contributed by atoms with Crippen molar-refractivity contribution < 1.29 is 4.79 Å². The van der Waals surface area contributed by atoms with Gasteiger partial charge in [0.05, 0.1) is 18.3 Å². The van der Waals surface area contributed by atoms with Gasteiger partial charge in [-0.2, -0.15) is 5.10 Å². The first-order chi connectivity index (χ1) is 15.7. The Kier molecular flexibility index (Phi) is 5.79. The van der Waals surface area contributed by atoms with Gasteiger partial charge in [0.2, 0.25) is 5.91 Å². The Labute approximate surface area is 187 Å². The molecule has 0 unspecified atom stereocenters. The van der Waals surface area contributed by atoms with Crippen molar-refractivity contribution in [1.82, 2.24) is 24.5 Å². The summed E-state index contributed by atoms with van der Waals surface area (Å²) in [5.74, 6) is 1.30. The second-order valence-corrected chi connectivity index (χ2v) is 8.22. The van der Waals surface area contributed by atoms with E-state index in [1.807, 2.05) is 58.1 Å². The van der Waals surface area contributed by atoms with E-state index in [4.69, 9.17) is 10.1 Å². The lowest BCUT2D eigenvalue weighted by Gasteiger charge is -2.30. The minimum atomic E-state index is 0.161. The van der Waals surface area contributed by atoms with E-state index in [0.717, 1.165) is 55.2 Å². The number of amides is 1. The molecule has 1 aliphatic rings. The number of hydrogen-bond donors (Lipinski definition) is 1. The molecule has 4 heterocycles. The van der Waals surface area contributed by atoms with Crippen LogP contribution >= 0.6 is 0 Å². The summed E-state index contributed by atoms with van der Waals surface area (Å²) in [4.78, 5) is 23.4. The second kappa shape index (κ2) is 9.18. The van der Waals surface area contributed by atoms with Crippen LogP contribution in [0.1, 0.15) is 35.7 Å². The Balaban J connectivity index is 1.19. The Morgan fingerprint density at radius 1 is 1.00 bits per heavy atom. The third kappa shape index (κ3) is 4.61. The van der Waals surface area contributed by atoms with Gasteiger partial charge >= 0.3 is 0 Å². The maximum absolute atomic E-state index is 12.6. The molecule has 3 aromatic heterocycles. The minimum absolute atomic E-state index is 0.161. The maximum Gasteiger partial charge on any atom is 0.227 e. The molecule has 7 heteroatoms. The average Bonchev–Trinajstić information content (AvgIpc) is 3.28. The monoisotopic (exact) mass is 426 g/mol. The molecule has 7 nitrogen and oxygen atoms in total. The molecule has 32 heavy (non-hydrogen) atoms. The van der Waals surface area contributed by atoms with Crippen LogP contribution in [0.4, 0.5) is 5.69 Å². The number of hydrogen-bond acceptors (Lipinski definition) is 5. The van der Waals surface area contributed by atoms with Gasteiger partial charge in [0.15, 0.2) is 11.5 Å². The van der Waals surface area contributed by atoms with E-state index in [0.29, 0.717) is 6.42 Å². The van der Waals surface area contributed by atoms with Gasteiger partial charge in [-0.25, -0.2) is 9.50 Å². The summed E-state index contributed by atoms with van der Waals surface area (Å²) in [6, 6.07) is 18.2. The first-order valence-corrected chi connectivity index (χ1v) is 11.1. The maximum atomic E-state index is 12.6.